The van der Waals surface area contributed by atoms with Crippen molar-refractivity contribution in [3.05, 3.63) is 75.2 Å². The normalized spacial score (nSPS) is 11.1. The molecule has 0 saturated heterocycles. The van der Waals surface area contributed by atoms with Crippen LogP contribution in [0.15, 0.2) is 48.0 Å². The maximum absolute atomic E-state index is 12.7. The molecule has 3 heterocycles. The number of hydrogen-bond acceptors (Lipinski definition) is 6. The van der Waals surface area contributed by atoms with Crippen molar-refractivity contribution in [1.29, 1.82) is 0 Å². The fourth-order valence-electron chi connectivity index (χ4n) is 3.03. The molecule has 0 atom stereocenters. The summed E-state index contributed by atoms with van der Waals surface area (Å²) in [5, 5.41) is 7.55. The molecule has 0 fully saturated rings. The van der Waals surface area contributed by atoms with Gasteiger partial charge in [-0.15, -0.1) is 11.3 Å². The Labute approximate surface area is 164 Å². The van der Waals surface area contributed by atoms with E-state index in [2.05, 4.69) is 20.4 Å². The van der Waals surface area contributed by atoms with Crippen LogP contribution in [-0.2, 0) is 20.1 Å². The molecule has 1 aromatic carbocycles. The molecule has 0 radical (unpaired) electrons. The number of thiophene rings is 1. The van der Waals surface area contributed by atoms with Crippen LogP contribution in [0.1, 0.15) is 26.4 Å². The molecule has 28 heavy (non-hydrogen) atoms. The summed E-state index contributed by atoms with van der Waals surface area (Å²) in [6.45, 7) is 2.80. The summed E-state index contributed by atoms with van der Waals surface area (Å²) >= 11 is 1.24. The molecule has 4 aromatic rings. The molecule has 142 valence electrons. The molecule has 0 bridgehead atoms. The lowest BCUT2D eigenvalue weighted by Crippen LogP contribution is -2.23. The SMILES string of the molecule is Cc1c(C(=O)NCc2cccc(Cn3cncn3)c2)sc2ncn(C)c(=O)c12. The molecule has 0 aliphatic carbocycles. The number of nitrogens with zero attached hydrogens (tertiary/aromatic N) is 5. The van der Waals surface area contributed by atoms with Gasteiger partial charge in [-0.2, -0.15) is 5.10 Å². The minimum absolute atomic E-state index is 0.140. The number of benzene rings is 1. The van der Waals surface area contributed by atoms with Gasteiger partial charge in [0.2, 0.25) is 0 Å². The highest BCUT2D eigenvalue weighted by Crippen LogP contribution is 2.26. The van der Waals surface area contributed by atoms with Crippen molar-refractivity contribution in [1.82, 2.24) is 29.6 Å². The topological polar surface area (TPSA) is 94.7 Å². The molecule has 0 saturated carbocycles. The maximum atomic E-state index is 12.7. The van der Waals surface area contributed by atoms with Gasteiger partial charge in [0.15, 0.2) is 0 Å². The highest BCUT2D eigenvalue weighted by molar-refractivity contribution is 7.20. The van der Waals surface area contributed by atoms with Crippen LogP contribution in [0.2, 0.25) is 0 Å². The summed E-state index contributed by atoms with van der Waals surface area (Å²) in [4.78, 5) is 34.3. The second kappa shape index (κ2) is 7.35. The van der Waals surface area contributed by atoms with Crippen LogP contribution < -0.4 is 10.9 Å². The molecular formula is C19H18N6O2S. The maximum Gasteiger partial charge on any atom is 0.262 e. The predicted molar refractivity (Wildman–Crippen MR) is 106 cm³/mol. The van der Waals surface area contributed by atoms with Crippen LogP contribution in [0.25, 0.3) is 10.2 Å². The van der Waals surface area contributed by atoms with E-state index in [4.69, 9.17) is 0 Å². The van der Waals surface area contributed by atoms with E-state index in [1.165, 1.54) is 28.6 Å². The Bertz CT molecular complexity index is 1210. The first-order valence-corrected chi connectivity index (χ1v) is 9.47. The summed E-state index contributed by atoms with van der Waals surface area (Å²) in [7, 11) is 1.65. The molecule has 8 nitrogen and oxygen atoms in total. The third-order valence-electron chi connectivity index (χ3n) is 4.47. The standard InChI is InChI=1S/C19H18N6O2S/c1-12-15-18(22-11-24(2)19(15)27)28-16(12)17(26)21-7-13-4-3-5-14(6-13)8-25-10-20-9-23-25/h3-6,9-11H,7-8H2,1-2H3,(H,21,26). The minimum Gasteiger partial charge on any atom is -0.347 e. The molecule has 0 aliphatic rings. The smallest absolute Gasteiger partial charge is 0.262 e. The molecule has 1 N–H and O–H groups in total. The second-order valence-electron chi connectivity index (χ2n) is 6.49. The van der Waals surface area contributed by atoms with Gasteiger partial charge in [0.25, 0.3) is 11.5 Å². The third-order valence-corrected chi connectivity index (χ3v) is 5.67. The number of aryl methyl sites for hydroxylation is 2. The Morgan fingerprint density at radius 2 is 2.07 bits per heavy atom. The lowest BCUT2D eigenvalue weighted by atomic mass is 10.1. The first-order valence-electron chi connectivity index (χ1n) is 8.66. The van der Waals surface area contributed by atoms with Crippen LogP contribution in [0, 0.1) is 6.92 Å². The zero-order valence-electron chi connectivity index (χ0n) is 15.4. The first kappa shape index (κ1) is 18.1. The van der Waals surface area contributed by atoms with Gasteiger partial charge < -0.3 is 9.88 Å². The number of aromatic nitrogens is 5. The van der Waals surface area contributed by atoms with E-state index in [0.29, 0.717) is 33.7 Å². The molecule has 0 spiro atoms. The fraction of sp³-hybridized carbons (Fsp3) is 0.211. The number of rotatable bonds is 5. The van der Waals surface area contributed by atoms with Crippen molar-refractivity contribution in [2.24, 2.45) is 7.05 Å². The van der Waals surface area contributed by atoms with Crippen molar-refractivity contribution < 1.29 is 4.79 Å². The monoisotopic (exact) mass is 394 g/mol. The van der Waals surface area contributed by atoms with Crippen molar-refractivity contribution in [3.63, 3.8) is 0 Å². The summed E-state index contributed by atoms with van der Waals surface area (Å²) in [6, 6.07) is 7.94. The highest BCUT2D eigenvalue weighted by Gasteiger charge is 2.18. The van der Waals surface area contributed by atoms with Crippen molar-refractivity contribution in [2.75, 3.05) is 0 Å². The molecule has 3 aromatic heterocycles. The summed E-state index contributed by atoms with van der Waals surface area (Å²) < 4.78 is 3.16. The molecule has 0 unspecified atom stereocenters. The second-order valence-corrected chi connectivity index (χ2v) is 7.49. The number of amides is 1. The first-order chi connectivity index (χ1) is 13.5. The average Bonchev–Trinajstić information content (AvgIpc) is 3.31. The molecule has 4 rings (SSSR count). The predicted octanol–water partition coefficient (Wildman–Crippen LogP) is 1.87. The van der Waals surface area contributed by atoms with Crippen LogP contribution in [-0.4, -0.2) is 30.2 Å². The largest absolute Gasteiger partial charge is 0.347 e. The van der Waals surface area contributed by atoms with Crippen molar-refractivity contribution in [3.8, 4) is 0 Å². The van der Waals surface area contributed by atoms with Gasteiger partial charge in [0.1, 0.15) is 17.5 Å². The van der Waals surface area contributed by atoms with E-state index >= 15 is 0 Å². The molecule has 0 aliphatic heterocycles. The zero-order chi connectivity index (χ0) is 19.7. The highest BCUT2D eigenvalue weighted by atomic mass is 32.1. The summed E-state index contributed by atoms with van der Waals surface area (Å²) in [6.07, 6.45) is 4.64. The summed E-state index contributed by atoms with van der Waals surface area (Å²) in [5.41, 5.74) is 2.59. The number of fused-ring (bicyclic) bond motifs is 1. The number of nitrogens with one attached hydrogen (secondary N) is 1. The van der Waals surface area contributed by atoms with E-state index in [9.17, 15) is 9.59 Å². The fourth-order valence-corrected chi connectivity index (χ4v) is 4.08. The van der Waals surface area contributed by atoms with Crippen molar-refractivity contribution >= 4 is 27.5 Å². The van der Waals surface area contributed by atoms with Gasteiger partial charge in [-0.05, 0) is 23.6 Å². The van der Waals surface area contributed by atoms with E-state index in [1.54, 1.807) is 25.0 Å². The number of carbonyl (C=O) groups is 1. The Morgan fingerprint density at radius 1 is 1.25 bits per heavy atom. The van der Waals surface area contributed by atoms with Crippen LogP contribution in [0.5, 0.6) is 0 Å². The minimum atomic E-state index is -0.204. The third kappa shape index (κ3) is 3.44. The van der Waals surface area contributed by atoms with Crippen LogP contribution >= 0.6 is 11.3 Å². The van der Waals surface area contributed by atoms with Gasteiger partial charge >= 0.3 is 0 Å². The Kier molecular flexibility index (Phi) is 4.74. The summed E-state index contributed by atoms with van der Waals surface area (Å²) in [5.74, 6) is -0.204. The number of carbonyl (C=O) groups excluding carboxylic acids is 1. The van der Waals surface area contributed by atoms with E-state index in [0.717, 1.165) is 11.1 Å². The van der Waals surface area contributed by atoms with Gasteiger partial charge in [0, 0.05) is 13.6 Å². The molecular weight excluding hydrogens is 376 g/mol. The zero-order valence-corrected chi connectivity index (χ0v) is 16.2. The van der Waals surface area contributed by atoms with Gasteiger partial charge in [-0.25, -0.2) is 14.6 Å². The average molecular weight is 394 g/mol. The van der Waals surface area contributed by atoms with Crippen molar-refractivity contribution in [2.45, 2.75) is 20.0 Å². The van der Waals surface area contributed by atoms with E-state index in [1.807, 2.05) is 24.3 Å². The molecule has 1 amide bonds. The Hall–Kier alpha value is -3.33. The Balaban J connectivity index is 1.51. The van der Waals surface area contributed by atoms with E-state index in [-0.39, 0.29) is 11.5 Å². The van der Waals surface area contributed by atoms with E-state index < -0.39 is 0 Å². The van der Waals surface area contributed by atoms with Crippen LogP contribution in [0.4, 0.5) is 0 Å². The molecule has 9 heteroatoms. The quantitative estimate of drug-likeness (QED) is 0.558. The van der Waals surface area contributed by atoms with Crippen LogP contribution in [0.3, 0.4) is 0 Å². The van der Waals surface area contributed by atoms with Gasteiger partial charge in [0.05, 0.1) is 23.1 Å². The lowest BCUT2D eigenvalue weighted by Gasteiger charge is -2.07. The lowest BCUT2D eigenvalue weighted by molar-refractivity contribution is 0.0954. The van der Waals surface area contributed by atoms with Gasteiger partial charge in [-0.3, -0.25) is 9.59 Å². The van der Waals surface area contributed by atoms with Gasteiger partial charge in [-0.1, -0.05) is 24.3 Å². The number of hydrogen-bond donors (Lipinski definition) is 1. The Morgan fingerprint density at radius 3 is 2.86 bits per heavy atom.